The maximum atomic E-state index is 5.52. The van der Waals surface area contributed by atoms with Crippen molar-refractivity contribution in [2.45, 2.75) is 33.2 Å². The molecule has 0 radical (unpaired) electrons. The van der Waals surface area contributed by atoms with Crippen LogP contribution in [-0.2, 0) is 4.74 Å². The van der Waals surface area contributed by atoms with Crippen LogP contribution in [0.2, 0.25) is 0 Å². The fraction of sp³-hybridized carbons (Fsp3) is 0.909. The summed E-state index contributed by atoms with van der Waals surface area (Å²) in [7, 11) is 1.68. The first-order valence-corrected chi connectivity index (χ1v) is 5.77. The molecule has 5 nitrogen and oxygen atoms in total. The van der Waals surface area contributed by atoms with E-state index in [1.165, 1.54) is 6.42 Å². The second kappa shape index (κ2) is 5.50. The van der Waals surface area contributed by atoms with E-state index in [-0.39, 0.29) is 6.04 Å². The summed E-state index contributed by atoms with van der Waals surface area (Å²) < 4.78 is 5.06. The van der Waals surface area contributed by atoms with Crippen molar-refractivity contribution < 1.29 is 4.74 Å². The third-order valence-corrected chi connectivity index (χ3v) is 2.86. The Bertz CT molecular complexity index is 252. The lowest BCUT2D eigenvalue weighted by Gasteiger charge is -2.23. The Morgan fingerprint density at radius 2 is 2.31 bits per heavy atom. The smallest absolute Gasteiger partial charge is 0.208 e. The summed E-state index contributed by atoms with van der Waals surface area (Å²) in [5.41, 5.74) is 3.04. The SMILES string of the molecule is COCC(C)N=C(NN)N1CCC(C)(C)C1. The van der Waals surface area contributed by atoms with Gasteiger partial charge < -0.3 is 9.64 Å². The molecule has 1 rings (SSSR count). The van der Waals surface area contributed by atoms with E-state index in [4.69, 9.17) is 10.6 Å². The molecule has 1 unspecified atom stereocenters. The highest BCUT2D eigenvalue weighted by molar-refractivity contribution is 5.79. The minimum Gasteiger partial charge on any atom is -0.382 e. The minimum atomic E-state index is 0.125. The molecule has 0 aromatic rings. The predicted molar refractivity (Wildman–Crippen MR) is 66.1 cm³/mol. The van der Waals surface area contributed by atoms with Crippen LogP contribution in [-0.4, -0.2) is 43.7 Å². The molecule has 0 spiro atoms. The molecule has 0 aromatic heterocycles. The first-order valence-electron chi connectivity index (χ1n) is 5.77. The standard InChI is InChI=1S/C11H24N4O/c1-9(7-16-4)13-10(14-12)15-6-5-11(2,3)8-15/h9H,5-8,12H2,1-4H3,(H,13,14). The highest BCUT2D eigenvalue weighted by atomic mass is 16.5. The molecule has 94 valence electrons. The minimum absolute atomic E-state index is 0.125. The van der Waals surface area contributed by atoms with Gasteiger partial charge in [-0.15, -0.1) is 0 Å². The van der Waals surface area contributed by atoms with Crippen LogP contribution in [0.3, 0.4) is 0 Å². The maximum Gasteiger partial charge on any atom is 0.208 e. The second-order valence-corrected chi connectivity index (χ2v) is 5.24. The Morgan fingerprint density at radius 1 is 1.62 bits per heavy atom. The van der Waals surface area contributed by atoms with Gasteiger partial charge in [-0.3, -0.25) is 5.43 Å². The van der Waals surface area contributed by atoms with Crippen LogP contribution in [0.25, 0.3) is 0 Å². The van der Waals surface area contributed by atoms with Crippen LogP contribution in [0.15, 0.2) is 4.99 Å². The number of nitrogens with one attached hydrogen (secondary N) is 1. The molecule has 5 heteroatoms. The van der Waals surface area contributed by atoms with Gasteiger partial charge in [0.25, 0.3) is 0 Å². The first kappa shape index (κ1) is 13.3. The molecule has 1 aliphatic heterocycles. The Balaban J connectivity index is 2.61. The number of hydrogen-bond donors (Lipinski definition) is 2. The van der Waals surface area contributed by atoms with Gasteiger partial charge in [-0.2, -0.15) is 0 Å². The Morgan fingerprint density at radius 3 is 2.75 bits per heavy atom. The van der Waals surface area contributed by atoms with E-state index in [0.717, 1.165) is 19.0 Å². The van der Waals surface area contributed by atoms with E-state index in [1.54, 1.807) is 7.11 Å². The van der Waals surface area contributed by atoms with E-state index in [0.29, 0.717) is 12.0 Å². The first-order chi connectivity index (χ1) is 7.48. The molecule has 0 bridgehead atoms. The number of hydrazine groups is 1. The topological polar surface area (TPSA) is 62.9 Å². The largest absolute Gasteiger partial charge is 0.382 e. The molecule has 1 aliphatic rings. The normalized spacial score (nSPS) is 22.3. The van der Waals surface area contributed by atoms with E-state index in [2.05, 4.69) is 29.2 Å². The number of nitrogens with zero attached hydrogens (tertiary/aromatic N) is 2. The molecule has 1 saturated heterocycles. The summed E-state index contributed by atoms with van der Waals surface area (Å²) in [6.07, 6.45) is 1.17. The summed E-state index contributed by atoms with van der Waals surface area (Å²) in [5.74, 6) is 6.30. The van der Waals surface area contributed by atoms with E-state index in [1.807, 2.05) is 6.92 Å². The van der Waals surface area contributed by atoms with Crippen molar-refractivity contribution in [3.05, 3.63) is 0 Å². The average Bonchev–Trinajstić information content (AvgIpc) is 2.55. The summed E-state index contributed by atoms with van der Waals surface area (Å²) in [6, 6.07) is 0.125. The highest BCUT2D eigenvalue weighted by Crippen LogP contribution is 2.28. The van der Waals surface area contributed by atoms with Crippen LogP contribution in [0.1, 0.15) is 27.2 Å². The van der Waals surface area contributed by atoms with Gasteiger partial charge in [-0.1, -0.05) is 13.8 Å². The Labute approximate surface area is 98.0 Å². The van der Waals surface area contributed by atoms with Gasteiger partial charge in [0.15, 0.2) is 0 Å². The third kappa shape index (κ3) is 3.64. The number of hydrogen-bond acceptors (Lipinski definition) is 3. The fourth-order valence-corrected chi connectivity index (χ4v) is 1.99. The summed E-state index contributed by atoms with van der Waals surface area (Å²) >= 11 is 0. The van der Waals surface area contributed by atoms with Crippen molar-refractivity contribution in [3.63, 3.8) is 0 Å². The molecule has 1 fully saturated rings. The zero-order valence-corrected chi connectivity index (χ0v) is 10.8. The molecule has 0 aromatic carbocycles. The van der Waals surface area contributed by atoms with Crippen molar-refractivity contribution in [3.8, 4) is 0 Å². The van der Waals surface area contributed by atoms with E-state index >= 15 is 0 Å². The number of nitrogens with two attached hydrogens (primary N) is 1. The highest BCUT2D eigenvalue weighted by Gasteiger charge is 2.30. The van der Waals surface area contributed by atoms with Crippen LogP contribution in [0.5, 0.6) is 0 Å². The van der Waals surface area contributed by atoms with Crippen molar-refractivity contribution in [1.82, 2.24) is 10.3 Å². The lowest BCUT2D eigenvalue weighted by molar-refractivity contribution is 0.185. The summed E-state index contributed by atoms with van der Waals surface area (Å²) in [4.78, 5) is 6.71. The van der Waals surface area contributed by atoms with Crippen LogP contribution < -0.4 is 11.3 Å². The van der Waals surface area contributed by atoms with Gasteiger partial charge in [0.1, 0.15) is 0 Å². The van der Waals surface area contributed by atoms with Crippen LogP contribution in [0.4, 0.5) is 0 Å². The molecule has 1 heterocycles. The number of likely N-dealkylation sites (tertiary alicyclic amines) is 1. The van der Waals surface area contributed by atoms with Gasteiger partial charge in [0, 0.05) is 20.2 Å². The van der Waals surface area contributed by atoms with Gasteiger partial charge in [-0.05, 0) is 18.8 Å². The molecule has 0 aliphatic carbocycles. The van der Waals surface area contributed by atoms with Crippen molar-refractivity contribution in [2.24, 2.45) is 16.3 Å². The third-order valence-electron chi connectivity index (χ3n) is 2.86. The number of aliphatic imine (C=N–C) groups is 1. The molecule has 3 N–H and O–H groups in total. The van der Waals surface area contributed by atoms with Gasteiger partial charge in [-0.25, -0.2) is 10.8 Å². The van der Waals surface area contributed by atoms with Gasteiger partial charge >= 0.3 is 0 Å². The van der Waals surface area contributed by atoms with Crippen molar-refractivity contribution in [1.29, 1.82) is 0 Å². The Kier molecular flexibility index (Phi) is 4.56. The molecular weight excluding hydrogens is 204 g/mol. The number of rotatable bonds is 3. The second-order valence-electron chi connectivity index (χ2n) is 5.24. The molecule has 16 heavy (non-hydrogen) atoms. The Hall–Kier alpha value is -0.810. The van der Waals surface area contributed by atoms with Crippen LogP contribution >= 0.6 is 0 Å². The lowest BCUT2D eigenvalue weighted by atomic mass is 9.93. The van der Waals surface area contributed by atoms with Gasteiger partial charge in [0.05, 0.1) is 12.6 Å². The fourth-order valence-electron chi connectivity index (χ4n) is 1.99. The average molecular weight is 228 g/mol. The maximum absolute atomic E-state index is 5.52. The molecule has 1 atom stereocenters. The van der Waals surface area contributed by atoms with Crippen molar-refractivity contribution >= 4 is 5.96 Å². The predicted octanol–water partition coefficient (Wildman–Crippen LogP) is 0.573. The zero-order valence-electron chi connectivity index (χ0n) is 10.8. The van der Waals surface area contributed by atoms with E-state index < -0.39 is 0 Å². The van der Waals surface area contributed by atoms with Crippen molar-refractivity contribution in [2.75, 3.05) is 26.8 Å². The number of guanidine groups is 1. The summed E-state index contributed by atoms with van der Waals surface area (Å²) in [6.45, 7) is 9.16. The van der Waals surface area contributed by atoms with Crippen LogP contribution in [0, 0.1) is 5.41 Å². The van der Waals surface area contributed by atoms with Gasteiger partial charge in [0.2, 0.25) is 5.96 Å². The number of ether oxygens (including phenoxy) is 1. The quantitative estimate of drug-likeness (QED) is 0.321. The van der Waals surface area contributed by atoms with E-state index in [9.17, 15) is 0 Å². The molecule has 0 amide bonds. The molecular formula is C11H24N4O. The zero-order chi connectivity index (χ0) is 12.2. The number of methoxy groups -OCH3 is 1. The summed E-state index contributed by atoms with van der Waals surface area (Å²) in [5, 5.41) is 0. The molecule has 0 saturated carbocycles. The lowest BCUT2D eigenvalue weighted by Crippen LogP contribution is -2.45. The monoisotopic (exact) mass is 228 g/mol.